The van der Waals surface area contributed by atoms with Gasteiger partial charge in [0.1, 0.15) is 0 Å². The van der Waals surface area contributed by atoms with E-state index in [1.165, 1.54) is 7.11 Å². The van der Waals surface area contributed by atoms with Gasteiger partial charge in [0.15, 0.2) is 5.54 Å². The summed E-state index contributed by atoms with van der Waals surface area (Å²) in [5, 5.41) is 7.92. The predicted molar refractivity (Wildman–Crippen MR) is 57.1 cm³/mol. The van der Waals surface area contributed by atoms with Gasteiger partial charge in [-0.3, -0.25) is 0 Å². The number of carbonyl (C=O) groups excluding carboxylic acids is 1. The molecule has 0 bridgehead atoms. The Labute approximate surface area is 89.0 Å². The van der Waals surface area contributed by atoms with E-state index in [2.05, 4.69) is 15.0 Å². The molecule has 0 heterocycles. The Morgan fingerprint density at radius 3 is 2.40 bits per heavy atom. The van der Waals surface area contributed by atoms with E-state index in [1.807, 2.05) is 30.3 Å². The second kappa shape index (κ2) is 4.68. The standard InChI is InChI=1S/C11H14N2O2/c1-11(2,10(14)15-3)13-12-9-7-5-4-6-8-9/h4-8H,1-3H3/b13-12+. The minimum absolute atomic E-state index is 0.401. The largest absolute Gasteiger partial charge is 0.467 e. The van der Waals surface area contributed by atoms with Gasteiger partial charge in [0.05, 0.1) is 12.8 Å². The number of rotatable bonds is 3. The minimum Gasteiger partial charge on any atom is -0.467 e. The van der Waals surface area contributed by atoms with Gasteiger partial charge >= 0.3 is 5.97 Å². The first-order valence-electron chi connectivity index (χ1n) is 4.62. The SMILES string of the molecule is COC(=O)C(C)(C)/N=N/c1ccccc1. The van der Waals surface area contributed by atoms with Gasteiger partial charge in [-0.05, 0) is 26.0 Å². The summed E-state index contributed by atoms with van der Waals surface area (Å²) in [5.74, 6) is -0.401. The molecule has 0 spiro atoms. The molecule has 0 radical (unpaired) electrons. The van der Waals surface area contributed by atoms with Crippen molar-refractivity contribution in [2.45, 2.75) is 19.4 Å². The van der Waals surface area contributed by atoms with E-state index in [0.717, 1.165) is 5.69 Å². The van der Waals surface area contributed by atoms with Crippen molar-refractivity contribution in [3.8, 4) is 0 Å². The highest BCUT2D eigenvalue weighted by atomic mass is 16.5. The highest BCUT2D eigenvalue weighted by Gasteiger charge is 2.28. The molecule has 0 aliphatic carbocycles. The van der Waals surface area contributed by atoms with Crippen LogP contribution in [0.2, 0.25) is 0 Å². The van der Waals surface area contributed by atoms with Gasteiger partial charge in [0, 0.05) is 0 Å². The molecule has 0 aliphatic heterocycles. The lowest BCUT2D eigenvalue weighted by Gasteiger charge is -2.13. The fourth-order valence-corrected chi connectivity index (χ4v) is 0.968. The number of azo groups is 1. The molecule has 1 aromatic rings. The first-order valence-corrected chi connectivity index (χ1v) is 4.62. The fraction of sp³-hybridized carbons (Fsp3) is 0.364. The van der Waals surface area contributed by atoms with Gasteiger partial charge < -0.3 is 4.74 Å². The Hall–Kier alpha value is -1.71. The third kappa shape index (κ3) is 3.16. The van der Waals surface area contributed by atoms with Crippen molar-refractivity contribution in [1.29, 1.82) is 0 Å². The first kappa shape index (κ1) is 11.4. The van der Waals surface area contributed by atoms with Crippen LogP contribution in [-0.2, 0) is 9.53 Å². The molecule has 0 saturated carbocycles. The zero-order chi connectivity index (χ0) is 11.3. The van der Waals surface area contributed by atoms with Gasteiger partial charge in [-0.25, -0.2) is 4.79 Å². The Balaban J connectivity index is 2.77. The van der Waals surface area contributed by atoms with Crippen molar-refractivity contribution in [3.63, 3.8) is 0 Å². The van der Waals surface area contributed by atoms with Crippen LogP contribution in [0.3, 0.4) is 0 Å². The van der Waals surface area contributed by atoms with Crippen LogP contribution in [0.5, 0.6) is 0 Å². The summed E-state index contributed by atoms with van der Waals surface area (Å²) in [6, 6.07) is 9.25. The maximum atomic E-state index is 11.3. The topological polar surface area (TPSA) is 51.0 Å². The molecule has 0 atom stereocenters. The number of esters is 1. The minimum atomic E-state index is -0.940. The molecular weight excluding hydrogens is 192 g/mol. The number of hydrogen-bond acceptors (Lipinski definition) is 4. The molecular formula is C11H14N2O2. The maximum Gasteiger partial charge on any atom is 0.335 e. The van der Waals surface area contributed by atoms with Crippen LogP contribution in [0, 0.1) is 0 Å². The molecule has 0 fully saturated rings. The molecule has 4 nitrogen and oxygen atoms in total. The van der Waals surface area contributed by atoms with E-state index < -0.39 is 11.5 Å². The van der Waals surface area contributed by atoms with Crippen LogP contribution in [0.1, 0.15) is 13.8 Å². The van der Waals surface area contributed by atoms with Crippen molar-refractivity contribution in [1.82, 2.24) is 0 Å². The lowest BCUT2D eigenvalue weighted by molar-refractivity contribution is -0.145. The van der Waals surface area contributed by atoms with Crippen molar-refractivity contribution in [2.24, 2.45) is 10.2 Å². The Morgan fingerprint density at radius 1 is 1.27 bits per heavy atom. The second-order valence-electron chi connectivity index (χ2n) is 3.59. The average molecular weight is 206 g/mol. The van der Waals surface area contributed by atoms with Gasteiger partial charge in [-0.2, -0.15) is 10.2 Å². The zero-order valence-corrected chi connectivity index (χ0v) is 9.10. The summed E-state index contributed by atoms with van der Waals surface area (Å²) in [6.45, 7) is 3.32. The third-order valence-corrected chi connectivity index (χ3v) is 1.86. The summed E-state index contributed by atoms with van der Waals surface area (Å²) >= 11 is 0. The molecule has 0 aromatic heterocycles. The van der Waals surface area contributed by atoms with Gasteiger partial charge in [-0.15, -0.1) is 0 Å². The normalized spacial score (nSPS) is 11.7. The monoisotopic (exact) mass is 206 g/mol. The van der Waals surface area contributed by atoms with Crippen LogP contribution in [-0.4, -0.2) is 18.6 Å². The number of hydrogen-bond donors (Lipinski definition) is 0. The van der Waals surface area contributed by atoms with Gasteiger partial charge in [0.25, 0.3) is 0 Å². The molecule has 1 aromatic carbocycles. The van der Waals surface area contributed by atoms with Gasteiger partial charge in [0.2, 0.25) is 0 Å². The second-order valence-corrected chi connectivity index (χ2v) is 3.59. The molecule has 0 saturated heterocycles. The highest BCUT2D eigenvalue weighted by Crippen LogP contribution is 2.17. The molecule has 15 heavy (non-hydrogen) atoms. The average Bonchev–Trinajstić information content (AvgIpc) is 2.27. The summed E-state index contributed by atoms with van der Waals surface area (Å²) in [6.07, 6.45) is 0. The van der Waals surface area contributed by atoms with E-state index >= 15 is 0 Å². The van der Waals surface area contributed by atoms with Crippen LogP contribution in [0.4, 0.5) is 5.69 Å². The van der Waals surface area contributed by atoms with Crippen LogP contribution in [0.15, 0.2) is 40.6 Å². The Morgan fingerprint density at radius 2 is 1.87 bits per heavy atom. The quantitative estimate of drug-likeness (QED) is 0.564. The molecule has 0 unspecified atom stereocenters. The third-order valence-electron chi connectivity index (χ3n) is 1.86. The first-order chi connectivity index (χ1) is 7.06. The summed E-state index contributed by atoms with van der Waals surface area (Å²) in [4.78, 5) is 11.3. The van der Waals surface area contributed by atoms with Crippen LogP contribution in [0.25, 0.3) is 0 Å². The van der Waals surface area contributed by atoms with Crippen molar-refractivity contribution in [2.75, 3.05) is 7.11 Å². The van der Waals surface area contributed by atoms with E-state index in [-0.39, 0.29) is 0 Å². The van der Waals surface area contributed by atoms with Crippen molar-refractivity contribution >= 4 is 11.7 Å². The molecule has 1 rings (SSSR count). The fourth-order valence-electron chi connectivity index (χ4n) is 0.968. The summed E-state index contributed by atoms with van der Waals surface area (Å²) in [5.41, 5.74) is -0.223. The summed E-state index contributed by atoms with van der Waals surface area (Å²) in [7, 11) is 1.34. The van der Waals surface area contributed by atoms with Crippen LogP contribution < -0.4 is 0 Å². The lowest BCUT2D eigenvalue weighted by atomic mass is 10.1. The number of ether oxygens (including phenoxy) is 1. The van der Waals surface area contributed by atoms with Crippen molar-refractivity contribution < 1.29 is 9.53 Å². The molecule has 0 N–H and O–H groups in total. The Kier molecular flexibility index (Phi) is 3.55. The van der Waals surface area contributed by atoms with E-state index in [9.17, 15) is 4.79 Å². The lowest BCUT2D eigenvalue weighted by Crippen LogP contribution is -2.30. The molecule has 80 valence electrons. The van der Waals surface area contributed by atoms with Crippen LogP contribution >= 0.6 is 0 Å². The van der Waals surface area contributed by atoms with Crippen molar-refractivity contribution in [3.05, 3.63) is 30.3 Å². The number of carbonyl (C=O) groups is 1. The summed E-state index contributed by atoms with van der Waals surface area (Å²) < 4.78 is 4.61. The number of nitrogens with zero attached hydrogens (tertiary/aromatic N) is 2. The maximum absolute atomic E-state index is 11.3. The molecule has 4 heteroatoms. The van der Waals surface area contributed by atoms with E-state index in [4.69, 9.17) is 0 Å². The number of benzene rings is 1. The molecule has 0 amide bonds. The van der Waals surface area contributed by atoms with E-state index in [0.29, 0.717) is 0 Å². The number of methoxy groups -OCH3 is 1. The van der Waals surface area contributed by atoms with Gasteiger partial charge in [-0.1, -0.05) is 18.2 Å². The smallest absolute Gasteiger partial charge is 0.335 e. The highest BCUT2D eigenvalue weighted by molar-refractivity contribution is 5.79. The van der Waals surface area contributed by atoms with E-state index in [1.54, 1.807) is 13.8 Å². The molecule has 0 aliphatic rings. The zero-order valence-electron chi connectivity index (χ0n) is 9.10. The Bertz CT molecular complexity index is 358. The predicted octanol–water partition coefficient (Wildman–Crippen LogP) is 2.72.